The summed E-state index contributed by atoms with van der Waals surface area (Å²) in [5.41, 5.74) is 3.34. The van der Waals surface area contributed by atoms with E-state index in [1.807, 2.05) is 60.8 Å². The van der Waals surface area contributed by atoms with Crippen LogP contribution < -0.4 is 5.32 Å². The van der Waals surface area contributed by atoms with Gasteiger partial charge in [0.25, 0.3) is 0 Å². The minimum atomic E-state index is -0.992. The summed E-state index contributed by atoms with van der Waals surface area (Å²) in [6, 6.07) is 19.8. The van der Waals surface area contributed by atoms with Gasteiger partial charge in [0.15, 0.2) is 0 Å². The van der Waals surface area contributed by atoms with E-state index in [0.717, 1.165) is 33.7 Å². The summed E-state index contributed by atoms with van der Waals surface area (Å²) in [5.74, 6) is 0. The van der Waals surface area contributed by atoms with E-state index in [-0.39, 0.29) is 0 Å². The van der Waals surface area contributed by atoms with Gasteiger partial charge >= 0.3 is 0 Å². The Balaban J connectivity index is 1.75. The van der Waals surface area contributed by atoms with Crippen molar-refractivity contribution >= 4 is 22.3 Å². The van der Waals surface area contributed by atoms with E-state index in [1.165, 1.54) is 0 Å². The summed E-state index contributed by atoms with van der Waals surface area (Å²) < 4.78 is 1.76. The first kappa shape index (κ1) is 16.3. The summed E-state index contributed by atoms with van der Waals surface area (Å²) in [6.07, 6.45) is 3.51. The zero-order chi connectivity index (χ0) is 18.1. The molecule has 0 unspecified atom stereocenters. The van der Waals surface area contributed by atoms with Crippen LogP contribution in [0, 0.1) is 0 Å². The van der Waals surface area contributed by atoms with Crippen molar-refractivity contribution in [2.75, 3.05) is 5.32 Å². The number of benzene rings is 2. The Morgan fingerprint density at radius 1 is 1.00 bits per heavy atom. The SMILES string of the molecule is CC(C)(O)c1ccnn1-c1ccccc1Nc1cnc2ccccc2c1. The number of rotatable bonds is 4. The number of hydrogen-bond acceptors (Lipinski definition) is 4. The second-order valence-electron chi connectivity index (χ2n) is 6.75. The maximum Gasteiger partial charge on any atom is 0.101 e. The zero-order valence-corrected chi connectivity index (χ0v) is 14.7. The van der Waals surface area contributed by atoms with Crippen LogP contribution in [0.3, 0.4) is 0 Å². The Labute approximate surface area is 151 Å². The highest BCUT2D eigenvalue weighted by atomic mass is 16.3. The van der Waals surface area contributed by atoms with Crippen LogP contribution in [0.5, 0.6) is 0 Å². The fourth-order valence-corrected chi connectivity index (χ4v) is 3.02. The van der Waals surface area contributed by atoms with Crippen LogP contribution in [0.4, 0.5) is 11.4 Å². The number of nitrogens with zero attached hydrogens (tertiary/aromatic N) is 3. The van der Waals surface area contributed by atoms with Gasteiger partial charge in [0.1, 0.15) is 5.60 Å². The van der Waals surface area contributed by atoms with Crippen molar-refractivity contribution in [2.45, 2.75) is 19.4 Å². The van der Waals surface area contributed by atoms with Crippen LogP contribution in [-0.4, -0.2) is 19.9 Å². The van der Waals surface area contributed by atoms with Gasteiger partial charge < -0.3 is 10.4 Å². The molecule has 0 bridgehead atoms. The third-order valence-electron chi connectivity index (χ3n) is 4.27. The number of para-hydroxylation sites is 3. The van der Waals surface area contributed by atoms with Crippen molar-refractivity contribution < 1.29 is 5.11 Å². The summed E-state index contributed by atoms with van der Waals surface area (Å²) >= 11 is 0. The molecule has 26 heavy (non-hydrogen) atoms. The Morgan fingerprint density at radius 3 is 2.62 bits per heavy atom. The number of anilines is 2. The lowest BCUT2D eigenvalue weighted by atomic mass is 10.1. The third kappa shape index (κ3) is 3.05. The lowest BCUT2D eigenvalue weighted by molar-refractivity contribution is 0.0712. The average molecular weight is 344 g/mol. The molecule has 0 atom stereocenters. The molecule has 0 aliphatic rings. The highest BCUT2D eigenvalue weighted by Crippen LogP contribution is 2.29. The smallest absolute Gasteiger partial charge is 0.101 e. The van der Waals surface area contributed by atoms with E-state index in [2.05, 4.69) is 21.5 Å². The molecule has 0 radical (unpaired) electrons. The summed E-state index contributed by atoms with van der Waals surface area (Å²) in [6.45, 7) is 3.51. The first-order chi connectivity index (χ1) is 12.5. The minimum absolute atomic E-state index is 0.725. The highest BCUT2D eigenvalue weighted by Gasteiger charge is 2.22. The van der Waals surface area contributed by atoms with Crippen LogP contribution in [-0.2, 0) is 5.60 Å². The molecule has 2 N–H and O–H groups in total. The molecule has 2 heterocycles. The fourth-order valence-electron chi connectivity index (χ4n) is 3.02. The monoisotopic (exact) mass is 344 g/mol. The van der Waals surface area contributed by atoms with Crippen molar-refractivity contribution in [3.8, 4) is 5.69 Å². The second-order valence-corrected chi connectivity index (χ2v) is 6.75. The number of fused-ring (bicyclic) bond motifs is 1. The number of nitrogens with one attached hydrogen (secondary N) is 1. The molecule has 130 valence electrons. The minimum Gasteiger partial charge on any atom is -0.384 e. The summed E-state index contributed by atoms with van der Waals surface area (Å²) in [4.78, 5) is 4.50. The molecule has 0 amide bonds. The molecular weight excluding hydrogens is 324 g/mol. The van der Waals surface area contributed by atoms with Gasteiger partial charge in [-0.25, -0.2) is 4.68 Å². The molecule has 5 nitrogen and oxygen atoms in total. The molecule has 4 aromatic rings. The van der Waals surface area contributed by atoms with Crippen LogP contribution >= 0.6 is 0 Å². The molecule has 0 spiro atoms. The molecule has 0 aliphatic heterocycles. The van der Waals surface area contributed by atoms with Gasteiger partial charge in [-0.15, -0.1) is 0 Å². The molecule has 5 heteroatoms. The molecular formula is C21H20N4O. The van der Waals surface area contributed by atoms with E-state index in [4.69, 9.17) is 0 Å². The van der Waals surface area contributed by atoms with Crippen LogP contribution in [0.1, 0.15) is 19.5 Å². The number of hydrogen-bond donors (Lipinski definition) is 2. The molecule has 0 fully saturated rings. The largest absolute Gasteiger partial charge is 0.384 e. The predicted molar refractivity (Wildman–Crippen MR) is 104 cm³/mol. The molecule has 4 rings (SSSR count). The van der Waals surface area contributed by atoms with Crippen molar-refractivity contribution in [1.82, 2.24) is 14.8 Å². The second kappa shape index (κ2) is 6.28. The predicted octanol–water partition coefficient (Wildman–Crippen LogP) is 4.39. The average Bonchev–Trinajstić information content (AvgIpc) is 3.12. The quantitative estimate of drug-likeness (QED) is 0.576. The van der Waals surface area contributed by atoms with Gasteiger partial charge in [0.2, 0.25) is 0 Å². The maximum absolute atomic E-state index is 10.4. The van der Waals surface area contributed by atoms with E-state index >= 15 is 0 Å². The zero-order valence-electron chi connectivity index (χ0n) is 14.7. The van der Waals surface area contributed by atoms with Crippen LogP contribution in [0.15, 0.2) is 73.1 Å². The van der Waals surface area contributed by atoms with Crippen LogP contribution in [0.2, 0.25) is 0 Å². The van der Waals surface area contributed by atoms with Crippen molar-refractivity contribution in [3.63, 3.8) is 0 Å². The molecule has 0 saturated carbocycles. The number of aliphatic hydroxyl groups is 1. The molecule has 0 aliphatic carbocycles. The first-order valence-electron chi connectivity index (χ1n) is 8.50. The Hall–Kier alpha value is -3.18. The van der Waals surface area contributed by atoms with Crippen LogP contribution in [0.25, 0.3) is 16.6 Å². The molecule has 2 aromatic carbocycles. The van der Waals surface area contributed by atoms with Gasteiger partial charge in [-0.2, -0.15) is 5.10 Å². The van der Waals surface area contributed by atoms with E-state index in [9.17, 15) is 5.11 Å². The van der Waals surface area contributed by atoms with Gasteiger partial charge in [0, 0.05) is 11.6 Å². The Morgan fingerprint density at radius 2 is 1.77 bits per heavy atom. The topological polar surface area (TPSA) is 63.0 Å². The van der Waals surface area contributed by atoms with Gasteiger partial charge in [-0.1, -0.05) is 30.3 Å². The molecule has 2 aromatic heterocycles. The van der Waals surface area contributed by atoms with E-state index in [0.29, 0.717) is 0 Å². The summed E-state index contributed by atoms with van der Waals surface area (Å²) in [7, 11) is 0. The van der Waals surface area contributed by atoms with E-state index in [1.54, 1.807) is 24.7 Å². The Bertz CT molecular complexity index is 1060. The first-order valence-corrected chi connectivity index (χ1v) is 8.50. The fraction of sp³-hybridized carbons (Fsp3) is 0.143. The van der Waals surface area contributed by atoms with Crippen molar-refractivity contribution in [3.05, 3.63) is 78.8 Å². The standard InChI is InChI=1S/C21H20N4O/c1-21(2,26)20-11-12-23-25(20)19-10-6-5-9-18(19)24-16-13-15-7-3-4-8-17(15)22-14-16/h3-14,24,26H,1-2H3. The van der Waals surface area contributed by atoms with Gasteiger partial charge in [0.05, 0.1) is 34.5 Å². The number of aromatic nitrogens is 3. The normalized spacial score (nSPS) is 11.7. The Kier molecular flexibility index (Phi) is 3.93. The third-order valence-corrected chi connectivity index (χ3v) is 4.27. The lowest BCUT2D eigenvalue weighted by Crippen LogP contribution is -2.21. The van der Waals surface area contributed by atoms with Crippen molar-refractivity contribution in [1.29, 1.82) is 0 Å². The van der Waals surface area contributed by atoms with Crippen molar-refractivity contribution in [2.24, 2.45) is 0 Å². The maximum atomic E-state index is 10.4. The van der Waals surface area contributed by atoms with Gasteiger partial charge in [-0.3, -0.25) is 4.98 Å². The molecule has 0 saturated heterocycles. The summed E-state index contributed by atoms with van der Waals surface area (Å²) in [5, 5.41) is 19.3. The number of pyridine rings is 1. The van der Waals surface area contributed by atoms with E-state index < -0.39 is 5.60 Å². The lowest BCUT2D eigenvalue weighted by Gasteiger charge is -2.21. The highest BCUT2D eigenvalue weighted by molar-refractivity contribution is 5.83. The van der Waals surface area contributed by atoms with Gasteiger partial charge in [-0.05, 0) is 44.2 Å².